The van der Waals surface area contributed by atoms with Gasteiger partial charge in [0.05, 0.1) is 31.3 Å². The van der Waals surface area contributed by atoms with Gasteiger partial charge >= 0.3 is 0 Å². The highest BCUT2D eigenvalue weighted by molar-refractivity contribution is 9.10. The molecule has 3 aromatic rings. The van der Waals surface area contributed by atoms with E-state index in [4.69, 9.17) is 9.47 Å². The number of aromatic nitrogens is 2. The van der Waals surface area contributed by atoms with Crippen LogP contribution in [-0.2, 0) is 13.1 Å². The maximum absolute atomic E-state index is 5.58. The van der Waals surface area contributed by atoms with Crippen LogP contribution in [-0.4, -0.2) is 23.7 Å². The van der Waals surface area contributed by atoms with Crippen molar-refractivity contribution in [3.63, 3.8) is 0 Å². The number of halogens is 1. The maximum atomic E-state index is 5.58. The van der Waals surface area contributed by atoms with Gasteiger partial charge in [-0.15, -0.1) is 0 Å². The Morgan fingerprint density at radius 2 is 2.00 bits per heavy atom. The molecule has 0 atom stereocenters. The zero-order valence-corrected chi connectivity index (χ0v) is 15.3. The lowest BCUT2D eigenvalue weighted by Crippen LogP contribution is -2.14. The third kappa shape index (κ3) is 3.71. The molecule has 0 spiro atoms. The van der Waals surface area contributed by atoms with Crippen LogP contribution in [0.3, 0.4) is 0 Å². The Balaban J connectivity index is 1.67. The van der Waals surface area contributed by atoms with Gasteiger partial charge in [-0.2, -0.15) is 0 Å². The fourth-order valence-corrected chi connectivity index (χ4v) is 3.01. The third-order valence-corrected chi connectivity index (χ3v) is 4.42. The van der Waals surface area contributed by atoms with Crippen molar-refractivity contribution >= 4 is 27.0 Å². The van der Waals surface area contributed by atoms with Gasteiger partial charge in [0.25, 0.3) is 0 Å². The van der Waals surface area contributed by atoms with Crippen LogP contribution in [0.15, 0.2) is 40.9 Å². The smallest absolute Gasteiger partial charge is 0.162 e. The number of fused-ring (bicyclic) bond motifs is 1. The minimum atomic E-state index is 0.604. The Morgan fingerprint density at radius 1 is 1.17 bits per heavy atom. The van der Waals surface area contributed by atoms with Crippen molar-refractivity contribution in [3.8, 4) is 11.5 Å². The topological polar surface area (TPSA) is 59.2 Å². The minimum Gasteiger partial charge on any atom is -0.493 e. The first-order chi connectivity index (χ1) is 11.7. The summed E-state index contributed by atoms with van der Waals surface area (Å²) < 4.78 is 12.0. The molecule has 0 bridgehead atoms. The Morgan fingerprint density at radius 3 is 2.75 bits per heavy atom. The van der Waals surface area contributed by atoms with Crippen LogP contribution >= 0.6 is 15.9 Å². The van der Waals surface area contributed by atoms with Crippen molar-refractivity contribution in [3.05, 3.63) is 52.3 Å². The molecule has 0 aliphatic rings. The quantitative estimate of drug-likeness (QED) is 0.640. The molecule has 6 heteroatoms. The van der Waals surface area contributed by atoms with Gasteiger partial charge in [-0.25, -0.2) is 4.98 Å². The van der Waals surface area contributed by atoms with Crippen LogP contribution < -0.4 is 14.8 Å². The predicted octanol–water partition coefficient (Wildman–Crippen LogP) is 4.02. The first-order valence-electron chi connectivity index (χ1n) is 7.84. The molecule has 2 aromatic carbocycles. The summed E-state index contributed by atoms with van der Waals surface area (Å²) in [6.07, 6.45) is 0. The van der Waals surface area contributed by atoms with E-state index in [1.165, 1.54) is 0 Å². The highest BCUT2D eigenvalue weighted by Crippen LogP contribution is 2.33. The fourth-order valence-electron chi connectivity index (χ4n) is 2.55. The molecular formula is C18H20BrN3O2. The Hall–Kier alpha value is -2.05. The Kier molecular flexibility index (Phi) is 5.37. The minimum absolute atomic E-state index is 0.604. The zero-order chi connectivity index (χ0) is 16.9. The standard InChI is InChI=1S/C18H20BrN3O2/c1-3-24-17-9-13(19)12(8-16(17)23-2)10-20-11-18-21-14-6-4-5-7-15(14)22-18/h4-9,20H,3,10-11H2,1-2H3,(H,21,22). The molecule has 1 heterocycles. The average molecular weight is 390 g/mol. The lowest BCUT2D eigenvalue weighted by molar-refractivity contribution is 0.310. The van der Waals surface area contributed by atoms with Crippen molar-refractivity contribution in [1.82, 2.24) is 15.3 Å². The Labute approximate surface area is 149 Å². The van der Waals surface area contributed by atoms with E-state index in [0.717, 1.165) is 38.4 Å². The number of methoxy groups -OCH3 is 1. The van der Waals surface area contributed by atoms with Crippen molar-refractivity contribution in [2.24, 2.45) is 0 Å². The van der Waals surface area contributed by atoms with Crippen molar-refractivity contribution in [2.45, 2.75) is 20.0 Å². The number of rotatable bonds is 7. The molecule has 0 radical (unpaired) electrons. The van der Waals surface area contributed by atoms with Gasteiger partial charge in [-0.1, -0.05) is 28.1 Å². The van der Waals surface area contributed by atoms with E-state index >= 15 is 0 Å². The zero-order valence-electron chi connectivity index (χ0n) is 13.7. The third-order valence-electron chi connectivity index (χ3n) is 3.68. The van der Waals surface area contributed by atoms with Crippen molar-refractivity contribution < 1.29 is 9.47 Å². The van der Waals surface area contributed by atoms with Gasteiger partial charge in [0.15, 0.2) is 11.5 Å². The summed E-state index contributed by atoms with van der Waals surface area (Å²) in [5.41, 5.74) is 3.14. The van der Waals surface area contributed by atoms with Crippen LogP contribution in [0.4, 0.5) is 0 Å². The highest BCUT2D eigenvalue weighted by Gasteiger charge is 2.10. The first kappa shape index (κ1) is 16.8. The van der Waals surface area contributed by atoms with Crippen LogP contribution in [0.1, 0.15) is 18.3 Å². The number of H-pyrrole nitrogens is 1. The summed E-state index contributed by atoms with van der Waals surface area (Å²) in [6, 6.07) is 12.0. The Bertz CT molecular complexity index is 799. The number of para-hydroxylation sites is 2. The van der Waals surface area contributed by atoms with Gasteiger partial charge in [-0.3, -0.25) is 0 Å². The number of hydrogen-bond donors (Lipinski definition) is 2. The molecule has 1 aromatic heterocycles. The number of aromatic amines is 1. The maximum Gasteiger partial charge on any atom is 0.162 e. The number of ether oxygens (including phenoxy) is 2. The average Bonchev–Trinajstić information content (AvgIpc) is 2.99. The number of nitrogens with one attached hydrogen (secondary N) is 2. The molecule has 3 rings (SSSR count). The van der Waals surface area contributed by atoms with E-state index < -0.39 is 0 Å². The number of benzene rings is 2. The molecule has 0 saturated carbocycles. The monoisotopic (exact) mass is 389 g/mol. The molecule has 24 heavy (non-hydrogen) atoms. The van der Waals surface area contributed by atoms with Crippen molar-refractivity contribution in [2.75, 3.05) is 13.7 Å². The molecule has 126 valence electrons. The van der Waals surface area contributed by atoms with E-state index in [9.17, 15) is 0 Å². The van der Waals surface area contributed by atoms with E-state index in [1.807, 2.05) is 43.3 Å². The largest absolute Gasteiger partial charge is 0.493 e. The van der Waals surface area contributed by atoms with E-state index in [0.29, 0.717) is 19.7 Å². The number of nitrogens with zero attached hydrogens (tertiary/aromatic N) is 1. The molecule has 0 unspecified atom stereocenters. The lowest BCUT2D eigenvalue weighted by Gasteiger charge is -2.13. The second-order valence-electron chi connectivity index (χ2n) is 5.33. The number of imidazole rings is 1. The summed E-state index contributed by atoms with van der Waals surface area (Å²) in [4.78, 5) is 7.88. The normalized spacial score (nSPS) is 11.0. The highest BCUT2D eigenvalue weighted by atomic mass is 79.9. The van der Waals surface area contributed by atoms with Gasteiger partial charge in [-0.05, 0) is 36.8 Å². The second kappa shape index (κ2) is 7.68. The van der Waals surface area contributed by atoms with E-state index in [-0.39, 0.29) is 0 Å². The summed E-state index contributed by atoms with van der Waals surface area (Å²) >= 11 is 3.60. The van der Waals surface area contributed by atoms with Gasteiger partial charge < -0.3 is 19.8 Å². The molecule has 0 saturated heterocycles. The molecule has 0 amide bonds. The summed E-state index contributed by atoms with van der Waals surface area (Å²) in [5.74, 6) is 2.40. The number of hydrogen-bond acceptors (Lipinski definition) is 4. The molecule has 0 fully saturated rings. The second-order valence-corrected chi connectivity index (χ2v) is 6.19. The van der Waals surface area contributed by atoms with Crippen LogP contribution in [0.5, 0.6) is 11.5 Å². The molecule has 5 nitrogen and oxygen atoms in total. The molecule has 0 aliphatic heterocycles. The fraction of sp³-hybridized carbons (Fsp3) is 0.278. The summed E-state index contributed by atoms with van der Waals surface area (Å²) in [6.45, 7) is 3.92. The predicted molar refractivity (Wildman–Crippen MR) is 98.5 cm³/mol. The first-order valence-corrected chi connectivity index (χ1v) is 8.64. The van der Waals surface area contributed by atoms with Crippen LogP contribution in [0.2, 0.25) is 0 Å². The molecule has 2 N–H and O–H groups in total. The van der Waals surface area contributed by atoms with Crippen LogP contribution in [0.25, 0.3) is 11.0 Å². The van der Waals surface area contributed by atoms with Crippen molar-refractivity contribution in [1.29, 1.82) is 0 Å². The molecular weight excluding hydrogens is 370 g/mol. The molecule has 0 aliphatic carbocycles. The summed E-state index contributed by atoms with van der Waals surface area (Å²) in [7, 11) is 1.65. The SMILES string of the molecule is CCOc1cc(Br)c(CNCc2nc3ccccc3[nH]2)cc1OC. The van der Waals surface area contributed by atoms with Gasteiger partial charge in [0.1, 0.15) is 5.82 Å². The van der Waals surface area contributed by atoms with E-state index in [1.54, 1.807) is 7.11 Å². The van der Waals surface area contributed by atoms with Gasteiger partial charge in [0.2, 0.25) is 0 Å². The van der Waals surface area contributed by atoms with Gasteiger partial charge in [0, 0.05) is 11.0 Å². The summed E-state index contributed by atoms with van der Waals surface area (Å²) in [5, 5.41) is 3.40. The lowest BCUT2D eigenvalue weighted by atomic mass is 10.2. The van der Waals surface area contributed by atoms with Crippen LogP contribution in [0, 0.1) is 0 Å². The van der Waals surface area contributed by atoms with E-state index in [2.05, 4.69) is 31.2 Å².